The zero-order chi connectivity index (χ0) is 19.6. The van der Waals surface area contributed by atoms with E-state index in [1.54, 1.807) is 14.1 Å². The molecule has 1 aromatic rings. The molecule has 1 amide bonds. The van der Waals surface area contributed by atoms with Gasteiger partial charge in [0.2, 0.25) is 5.91 Å². The third-order valence-electron chi connectivity index (χ3n) is 4.51. The lowest BCUT2D eigenvalue weighted by molar-refractivity contribution is -0.135. The van der Waals surface area contributed by atoms with Crippen molar-refractivity contribution in [1.82, 2.24) is 4.90 Å². The highest BCUT2D eigenvalue weighted by molar-refractivity contribution is 6.23. The molecule has 140 valence electrons. The second-order valence-electron chi connectivity index (χ2n) is 6.89. The topological polar surface area (TPSA) is 72.9 Å². The van der Waals surface area contributed by atoms with Crippen molar-refractivity contribution in [3.8, 4) is 0 Å². The largest absolute Gasteiger partial charge is 0.513 e. The maximum absolute atomic E-state index is 12.9. The number of benzene rings is 1. The average molecular weight is 359 g/mol. The smallest absolute Gasteiger partial charge is 0.437 e. The zero-order valence-corrected chi connectivity index (χ0v) is 16.1. The second kappa shape index (κ2) is 7.72. The van der Waals surface area contributed by atoms with E-state index in [4.69, 9.17) is 4.74 Å². The zero-order valence-electron chi connectivity index (χ0n) is 16.1. The van der Waals surface area contributed by atoms with E-state index in [1.807, 2.05) is 32.9 Å². The van der Waals surface area contributed by atoms with Crippen LogP contribution in [0.1, 0.15) is 35.1 Å². The van der Waals surface area contributed by atoms with E-state index < -0.39 is 12.1 Å². The third kappa shape index (κ3) is 3.95. The van der Waals surface area contributed by atoms with Crippen LogP contribution in [-0.2, 0) is 19.1 Å². The van der Waals surface area contributed by atoms with Crippen LogP contribution < -0.4 is 0 Å². The molecule has 0 N–H and O–H groups in total. The van der Waals surface area contributed by atoms with Gasteiger partial charge >= 0.3 is 6.16 Å². The number of hydrogen-bond acceptors (Lipinski definition) is 5. The van der Waals surface area contributed by atoms with Gasteiger partial charge in [-0.25, -0.2) is 4.79 Å². The van der Waals surface area contributed by atoms with Crippen LogP contribution in [0.25, 0.3) is 5.57 Å². The Morgan fingerprint density at radius 2 is 1.65 bits per heavy atom. The number of hydrogen-bond donors (Lipinski definition) is 0. The molecular weight excluding hydrogens is 334 g/mol. The Morgan fingerprint density at radius 3 is 2.15 bits per heavy atom. The van der Waals surface area contributed by atoms with E-state index in [1.165, 1.54) is 12.0 Å². The fourth-order valence-electron chi connectivity index (χ4n) is 3.51. The van der Waals surface area contributed by atoms with Gasteiger partial charge in [-0.15, -0.1) is 0 Å². The van der Waals surface area contributed by atoms with Crippen LogP contribution >= 0.6 is 0 Å². The normalized spacial score (nSPS) is 17.2. The summed E-state index contributed by atoms with van der Waals surface area (Å²) in [5.41, 5.74) is 4.07. The number of carbonyl (C=O) groups is 3. The first kappa shape index (κ1) is 19.7. The Morgan fingerprint density at radius 1 is 1.08 bits per heavy atom. The Balaban J connectivity index is 2.60. The number of allylic oxidation sites excluding steroid dienone is 2. The summed E-state index contributed by atoms with van der Waals surface area (Å²) >= 11 is 0. The second-order valence-corrected chi connectivity index (χ2v) is 6.89. The van der Waals surface area contributed by atoms with Crippen molar-refractivity contribution in [3.63, 3.8) is 0 Å². The van der Waals surface area contributed by atoms with Gasteiger partial charge in [-0.2, -0.15) is 0 Å². The lowest BCUT2D eigenvalue weighted by Gasteiger charge is -2.28. The minimum Gasteiger partial charge on any atom is -0.437 e. The molecule has 0 aromatic heterocycles. The Labute approximate surface area is 153 Å². The van der Waals surface area contributed by atoms with Crippen molar-refractivity contribution in [2.45, 2.75) is 33.6 Å². The number of ether oxygens (including phenoxy) is 2. The van der Waals surface area contributed by atoms with Gasteiger partial charge in [-0.3, -0.25) is 9.59 Å². The van der Waals surface area contributed by atoms with Crippen LogP contribution in [-0.4, -0.2) is 44.0 Å². The molecule has 0 bridgehead atoms. The van der Waals surface area contributed by atoms with Gasteiger partial charge in [0.05, 0.1) is 18.6 Å². The highest BCUT2D eigenvalue weighted by Gasteiger charge is 2.36. The van der Waals surface area contributed by atoms with Crippen LogP contribution in [0.4, 0.5) is 4.79 Å². The minimum atomic E-state index is -0.898. The molecule has 0 heterocycles. The Hall–Kier alpha value is -2.63. The Bertz CT molecular complexity index is 768. The minimum absolute atomic E-state index is 0.0904. The summed E-state index contributed by atoms with van der Waals surface area (Å²) in [5, 5.41) is 0. The molecule has 1 aromatic carbocycles. The number of rotatable bonds is 3. The molecule has 26 heavy (non-hydrogen) atoms. The molecule has 0 saturated carbocycles. The molecule has 1 aliphatic carbocycles. The number of amides is 1. The molecule has 1 aliphatic rings. The molecule has 0 fully saturated rings. The van der Waals surface area contributed by atoms with E-state index in [0.29, 0.717) is 5.57 Å². The van der Waals surface area contributed by atoms with Crippen LogP contribution in [0.3, 0.4) is 0 Å². The van der Waals surface area contributed by atoms with E-state index >= 15 is 0 Å². The highest BCUT2D eigenvalue weighted by atomic mass is 16.7. The first-order valence-electron chi connectivity index (χ1n) is 8.47. The van der Waals surface area contributed by atoms with Crippen LogP contribution in [0.2, 0.25) is 0 Å². The molecule has 0 aliphatic heterocycles. The predicted molar refractivity (Wildman–Crippen MR) is 97.5 cm³/mol. The predicted octanol–water partition coefficient (Wildman–Crippen LogP) is 3.17. The van der Waals surface area contributed by atoms with Crippen LogP contribution in [0.15, 0.2) is 17.9 Å². The van der Waals surface area contributed by atoms with Gasteiger partial charge in [0.25, 0.3) is 0 Å². The molecule has 1 unspecified atom stereocenters. The monoisotopic (exact) mass is 359 g/mol. The maximum atomic E-state index is 12.9. The van der Waals surface area contributed by atoms with Crippen LogP contribution in [0, 0.1) is 26.7 Å². The first-order valence-corrected chi connectivity index (χ1v) is 8.47. The fraction of sp³-hybridized carbons (Fsp3) is 0.450. The van der Waals surface area contributed by atoms with Gasteiger partial charge in [0.15, 0.2) is 5.78 Å². The summed E-state index contributed by atoms with van der Waals surface area (Å²) in [6.07, 6.45) is -0.627. The number of Topliss-reactive ketones (excluding diaryl/α,β-unsaturated/α-hetero) is 1. The lowest BCUT2D eigenvalue weighted by atomic mass is 9.80. The van der Waals surface area contributed by atoms with Gasteiger partial charge < -0.3 is 14.4 Å². The van der Waals surface area contributed by atoms with Gasteiger partial charge in [-0.05, 0) is 37.5 Å². The highest BCUT2D eigenvalue weighted by Crippen LogP contribution is 2.37. The Kier molecular flexibility index (Phi) is 5.85. The summed E-state index contributed by atoms with van der Waals surface area (Å²) in [4.78, 5) is 38.4. The molecule has 6 nitrogen and oxygen atoms in total. The number of carbonyl (C=O) groups excluding carboxylic acids is 3. The van der Waals surface area contributed by atoms with Crippen molar-refractivity contribution >= 4 is 23.4 Å². The number of methoxy groups -OCH3 is 1. The van der Waals surface area contributed by atoms with Crippen molar-refractivity contribution in [2.75, 3.05) is 21.2 Å². The van der Waals surface area contributed by atoms with Crippen molar-refractivity contribution in [3.05, 3.63) is 40.1 Å². The van der Waals surface area contributed by atoms with Crippen molar-refractivity contribution < 1.29 is 23.9 Å². The first-order chi connectivity index (χ1) is 12.1. The van der Waals surface area contributed by atoms with Crippen molar-refractivity contribution in [2.24, 2.45) is 5.92 Å². The number of nitrogens with zero attached hydrogens (tertiary/aromatic N) is 1. The van der Waals surface area contributed by atoms with E-state index in [9.17, 15) is 14.4 Å². The van der Waals surface area contributed by atoms with E-state index in [-0.39, 0.29) is 30.3 Å². The molecule has 6 heteroatoms. The standard InChI is InChI=1S/C20H25NO5/c1-11-7-12(2)17(13(3)8-11)18-15(22)9-14(19(23)21(4)5)10-16(18)26-20(24)25-6/h7-8,14H,9-10H2,1-6H3. The fourth-order valence-corrected chi connectivity index (χ4v) is 3.51. The maximum Gasteiger partial charge on any atom is 0.513 e. The quantitative estimate of drug-likeness (QED) is 0.775. The third-order valence-corrected chi connectivity index (χ3v) is 4.51. The average Bonchev–Trinajstić information content (AvgIpc) is 2.54. The summed E-state index contributed by atoms with van der Waals surface area (Å²) in [6, 6.07) is 3.96. The number of aryl methyl sites for hydroxylation is 3. The summed E-state index contributed by atoms with van der Waals surface area (Å²) < 4.78 is 9.90. The van der Waals surface area contributed by atoms with Gasteiger partial charge in [-0.1, -0.05) is 17.7 Å². The summed E-state index contributed by atoms with van der Waals surface area (Å²) in [7, 11) is 4.49. The molecule has 2 rings (SSSR count). The summed E-state index contributed by atoms with van der Waals surface area (Å²) in [5.74, 6) is -0.721. The molecule has 0 saturated heterocycles. The van der Waals surface area contributed by atoms with Gasteiger partial charge in [0.1, 0.15) is 5.76 Å². The molecule has 0 radical (unpaired) electrons. The van der Waals surface area contributed by atoms with Crippen molar-refractivity contribution in [1.29, 1.82) is 0 Å². The van der Waals surface area contributed by atoms with E-state index in [0.717, 1.165) is 22.3 Å². The lowest BCUT2D eigenvalue weighted by Crippen LogP contribution is -2.34. The molecule has 0 spiro atoms. The summed E-state index contributed by atoms with van der Waals surface area (Å²) in [6.45, 7) is 5.82. The van der Waals surface area contributed by atoms with Crippen LogP contribution in [0.5, 0.6) is 0 Å². The molecule has 1 atom stereocenters. The number of ketones is 1. The van der Waals surface area contributed by atoms with Gasteiger partial charge in [0, 0.05) is 26.9 Å². The van der Waals surface area contributed by atoms with E-state index in [2.05, 4.69) is 4.74 Å². The molecular formula is C20H25NO5. The SMILES string of the molecule is COC(=O)OC1=C(c2c(C)cc(C)cc2C)C(=O)CC(C(=O)N(C)C)C1.